The van der Waals surface area contributed by atoms with Crippen molar-refractivity contribution in [3.05, 3.63) is 46.0 Å². The number of aromatic nitrogens is 3. The van der Waals surface area contributed by atoms with Crippen molar-refractivity contribution in [2.75, 3.05) is 0 Å². The summed E-state index contributed by atoms with van der Waals surface area (Å²) >= 11 is 5.39. The van der Waals surface area contributed by atoms with Crippen LogP contribution in [0.4, 0.5) is 0 Å². The summed E-state index contributed by atoms with van der Waals surface area (Å²) in [6.45, 7) is 6.51. The van der Waals surface area contributed by atoms with Crippen LogP contribution in [0.2, 0.25) is 0 Å². The van der Waals surface area contributed by atoms with Gasteiger partial charge in [0.2, 0.25) is 0 Å². The van der Waals surface area contributed by atoms with Crippen LogP contribution in [0.5, 0.6) is 0 Å². The first-order chi connectivity index (χ1) is 8.97. The number of benzene rings is 1. The minimum Gasteiger partial charge on any atom is -0.299 e. The molecule has 0 bridgehead atoms. The van der Waals surface area contributed by atoms with E-state index in [1.165, 1.54) is 11.1 Å². The van der Waals surface area contributed by atoms with Crippen molar-refractivity contribution in [3.8, 4) is 0 Å². The van der Waals surface area contributed by atoms with Gasteiger partial charge in [0.1, 0.15) is 5.82 Å². The summed E-state index contributed by atoms with van der Waals surface area (Å²) < 4.78 is 2.89. The molecule has 3 rings (SSSR count). The first-order valence-corrected chi connectivity index (χ1v) is 7.12. The quantitative estimate of drug-likeness (QED) is 0.806. The zero-order valence-electron chi connectivity index (χ0n) is 11.6. The van der Waals surface area contributed by atoms with Crippen LogP contribution in [0, 0.1) is 4.77 Å². The third-order valence-corrected chi connectivity index (χ3v) is 4.06. The molecular formula is C15H19N3S. The van der Waals surface area contributed by atoms with Crippen LogP contribution in [0.25, 0.3) is 0 Å². The van der Waals surface area contributed by atoms with Crippen molar-refractivity contribution in [2.45, 2.75) is 45.1 Å². The number of hydrogen-bond donors (Lipinski definition) is 1. The molecule has 0 aliphatic heterocycles. The Morgan fingerprint density at radius 3 is 2.32 bits per heavy atom. The van der Waals surface area contributed by atoms with Crippen molar-refractivity contribution in [1.82, 2.24) is 14.8 Å². The second-order valence-corrected chi connectivity index (χ2v) is 6.65. The van der Waals surface area contributed by atoms with Gasteiger partial charge in [-0.05, 0) is 57.0 Å². The smallest absolute Gasteiger partial charge is 0.195 e. The Hall–Kier alpha value is -1.42. The van der Waals surface area contributed by atoms with Gasteiger partial charge in [0.25, 0.3) is 0 Å². The largest absolute Gasteiger partial charge is 0.299 e. The molecule has 3 nitrogen and oxygen atoms in total. The van der Waals surface area contributed by atoms with Crippen LogP contribution in [0.3, 0.4) is 0 Å². The zero-order chi connectivity index (χ0) is 13.6. The van der Waals surface area contributed by atoms with Gasteiger partial charge in [-0.1, -0.05) is 24.3 Å². The maximum atomic E-state index is 5.39. The van der Waals surface area contributed by atoms with E-state index in [0.29, 0.717) is 5.92 Å². The highest BCUT2D eigenvalue weighted by Crippen LogP contribution is 2.34. The molecule has 0 spiro atoms. The van der Waals surface area contributed by atoms with Crippen molar-refractivity contribution in [3.63, 3.8) is 0 Å². The topological polar surface area (TPSA) is 33.6 Å². The van der Waals surface area contributed by atoms with E-state index in [9.17, 15) is 0 Å². The lowest BCUT2D eigenvalue weighted by Gasteiger charge is -2.24. The van der Waals surface area contributed by atoms with Crippen LogP contribution >= 0.6 is 12.2 Å². The molecule has 0 amide bonds. The van der Waals surface area contributed by atoms with Crippen LogP contribution in [-0.4, -0.2) is 14.8 Å². The molecule has 1 aliphatic rings. The molecule has 0 fully saturated rings. The Morgan fingerprint density at radius 2 is 1.79 bits per heavy atom. The highest BCUT2D eigenvalue weighted by Gasteiger charge is 2.29. The third-order valence-electron chi connectivity index (χ3n) is 3.79. The second-order valence-electron chi connectivity index (χ2n) is 6.27. The summed E-state index contributed by atoms with van der Waals surface area (Å²) in [7, 11) is 0. The second kappa shape index (κ2) is 4.30. The number of H-pyrrole nitrogens is 1. The summed E-state index contributed by atoms with van der Waals surface area (Å²) in [6.07, 6.45) is 2.12. The molecule has 1 heterocycles. The number of nitrogens with zero attached hydrogens (tertiary/aromatic N) is 2. The first-order valence-electron chi connectivity index (χ1n) is 6.71. The van der Waals surface area contributed by atoms with E-state index >= 15 is 0 Å². The van der Waals surface area contributed by atoms with E-state index in [1.54, 1.807) is 0 Å². The molecule has 0 radical (unpaired) electrons. The lowest BCUT2D eigenvalue weighted by atomic mass is 10.0. The predicted molar refractivity (Wildman–Crippen MR) is 79.0 cm³/mol. The SMILES string of the molecule is CC(C)(C)n1c(C2Cc3ccccc3C2)n[nH]c1=S. The van der Waals surface area contributed by atoms with Crippen LogP contribution in [-0.2, 0) is 18.4 Å². The standard InChI is InChI=1S/C15H19N3S/c1-15(2,3)18-13(16-17-14(18)19)12-8-10-6-4-5-7-11(10)9-12/h4-7,12H,8-9H2,1-3H3,(H,17,19). The molecule has 100 valence electrons. The van der Waals surface area contributed by atoms with Crippen molar-refractivity contribution >= 4 is 12.2 Å². The van der Waals surface area contributed by atoms with E-state index < -0.39 is 0 Å². The molecule has 1 N–H and O–H groups in total. The van der Waals surface area contributed by atoms with E-state index in [0.717, 1.165) is 23.4 Å². The van der Waals surface area contributed by atoms with Crippen molar-refractivity contribution in [2.24, 2.45) is 0 Å². The van der Waals surface area contributed by atoms with Gasteiger partial charge in [0.05, 0.1) is 0 Å². The summed E-state index contributed by atoms with van der Waals surface area (Å²) in [6, 6.07) is 8.67. The van der Waals surface area contributed by atoms with Gasteiger partial charge in [-0.15, -0.1) is 0 Å². The normalized spacial score (nSPS) is 15.7. The summed E-state index contributed by atoms with van der Waals surface area (Å²) in [5.41, 5.74) is 2.86. The molecule has 0 saturated heterocycles. The lowest BCUT2D eigenvalue weighted by molar-refractivity contribution is 0.368. The minimum atomic E-state index is -0.0335. The molecule has 1 aromatic heterocycles. The van der Waals surface area contributed by atoms with Crippen molar-refractivity contribution in [1.29, 1.82) is 0 Å². The average molecular weight is 273 g/mol. The minimum absolute atomic E-state index is 0.0335. The predicted octanol–water partition coefficient (Wildman–Crippen LogP) is 3.58. The van der Waals surface area contributed by atoms with Gasteiger partial charge in [-0.3, -0.25) is 9.67 Å². The molecule has 1 aromatic carbocycles. The monoisotopic (exact) mass is 273 g/mol. The number of hydrogen-bond acceptors (Lipinski definition) is 2. The maximum Gasteiger partial charge on any atom is 0.195 e. The van der Waals surface area contributed by atoms with E-state index in [4.69, 9.17) is 12.2 Å². The van der Waals surface area contributed by atoms with Gasteiger partial charge >= 0.3 is 0 Å². The summed E-state index contributed by atoms with van der Waals surface area (Å²) in [5.74, 6) is 1.53. The third kappa shape index (κ3) is 2.14. The Balaban J connectivity index is 2.01. The Kier molecular flexibility index (Phi) is 2.86. The maximum absolute atomic E-state index is 5.39. The number of rotatable bonds is 1. The molecule has 4 heteroatoms. The molecular weight excluding hydrogens is 254 g/mol. The van der Waals surface area contributed by atoms with Gasteiger partial charge < -0.3 is 0 Å². The van der Waals surface area contributed by atoms with Gasteiger partial charge in [-0.25, -0.2) is 0 Å². The Bertz CT molecular complexity index is 636. The van der Waals surface area contributed by atoms with Crippen molar-refractivity contribution < 1.29 is 0 Å². The summed E-state index contributed by atoms with van der Waals surface area (Å²) in [5, 5.41) is 7.46. The molecule has 19 heavy (non-hydrogen) atoms. The number of fused-ring (bicyclic) bond motifs is 1. The fourth-order valence-corrected chi connectivity index (χ4v) is 3.39. The fourth-order valence-electron chi connectivity index (χ4n) is 2.97. The van der Waals surface area contributed by atoms with Gasteiger partial charge in [0, 0.05) is 11.5 Å². The van der Waals surface area contributed by atoms with Crippen LogP contribution in [0.1, 0.15) is 43.6 Å². The number of nitrogens with one attached hydrogen (secondary N) is 1. The molecule has 0 saturated carbocycles. The summed E-state index contributed by atoms with van der Waals surface area (Å²) in [4.78, 5) is 0. The Labute approximate surface area is 118 Å². The van der Waals surface area contributed by atoms with Gasteiger partial charge in [-0.2, -0.15) is 5.10 Å². The zero-order valence-corrected chi connectivity index (χ0v) is 12.4. The average Bonchev–Trinajstić information content (AvgIpc) is 2.90. The Morgan fingerprint density at radius 1 is 1.21 bits per heavy atom. The van der Waals surface area contributed by atoms with Crippen LogP contribution in [0.15, 0.2) is 24.3 Å². The first kappa shape index (κ1) is 12.6. The fraction of sp³-hybridized carbons (Fsp3) is 0.467. The molecule has 1 aliphatic carbocycles. The molecule has 2 aromatic rings. The highest BCUT2D eigenvalue weighted by molar-refractivity contribution is 7.71. The van der Waals surface area contributed by atoms with E-state index in [2.05, 4.69) is 59.8 Å². The van der Waals surface area contributed by atoms with E-state index in [1.807, 2.05) is 0 Å². The van der Waals surface area contributed by atoms with Gasteiger partial charge in [0.15, 0.2) is 4.77 Å². The lowest BCUT2D eigenvalue weighted by Crippen LogP contribution is -2.26. The van der Waals surface area contributed by atoms with E-state index in [-0.39, 0.29) is 5.54 Å². The molecule has 0 unspecified atom stereocenters. The number of aromatic amines is 1. The van der Waals surface area contributed by atoms with Crippen LogP contribution < -0.4 is 0 Å². The molecule has 0 atom stereocenters. The highest BCUT2D eigenvalue weighted by atomic mass is 32.1.